The molecule has 0 saturated heterocycles. The molecule has 0 spiro atoms. The summed E-state index contributed by atoms with van der Waals surface area (Å²) in [6, 6.07) is 8.89. The van der Waals surface area contributed by atoms with Crippen LogP contribution in [0.1, 0.15) is 42.4 Å². The Hall–Kier alpha value is -1.35. The second-order valence-electron chi connectivity index (χ2n) is 4.58. The summed E-state index contributed by atoms with van der Waals surface area (Å²) in [4.78, 5) is 5.64. The van der Waals surface area contributed by atoms with Crippen molar-refractivity contribution in [3.05, 3.63) is 45.9 Å². The fourth-order valence-electron chi connectivity index (χ4n) is 2.17. The maximum absolute atomic E-state index is 4.32. The van der Waals surface area contributed by atoms with Crippen molar-refractivity contribution in [1.82, 2.24) is 4.98 Å². The Morgan fingerprint density at radius 2 is 2.11 bits per heavy atom. The highest BCUT2D eigenvalue weighted by atomic mass is 32.1. The molecule has 2 aromatic rings. The average molecular weight is 260 g/mol. The van der Waals surface area contributed by atoms with Gasteiger partial charge < -0.3 is 5.32 Å². The second kappa shape index (κ2) is 6.01. The zero-order valence-electron chi connectivity index (χ0n) is 11.2. The lowest BCUT2D eigenvalue weighted by Crippen LogP contribution is -2.08. The first-order valence-corrected chi connectivity index (χ1v) is 7.34. The predicted molar refractivity (Wildman–Crippen MR) is 79.3 cm³/mol. The number of hydrogen-bond acceptors (Lipinski definition) is 3. The number of nitrogens with one attached hydrogen (secondary N) is 1. The van der Waals surface area contributed by atoms with Crippen LogP contribution in [0.5, 0.6) is 0 Å². The average Bonchev–Trinajstić information content (AvgIpc) is 2.78. The molecule has 3 heteroatoms. The van der Waals surface area contributed by atoms with E-state index in [-0.39, 0.29) is 0 Å². The second-order valence-corrected chi connectivity index (χ2v) is 5.46. The molecule has 0 aliphatic rings. The summed E-state index contributed by atoms with van der Waals surface area (Å²) in [5, 5.41) is 3.61. The molecule has 1 unspecified atom stereocenters. The molecular formula is C15H20N2S. The zero-order chi connectivity index (χ0) is 13.0. The lowest BCUT2D eigenvalue weighted by molar-refractivity contribution is 0.872. The minimum Gasteiger partial charge on any atom is -0.377 e. The first-order valence-electron chi connectivity index (χ1n) is 6.46. The molecule has 2 nitrogen and oxygen atoms in total. The van der Waals surface area contributed by atoms with Crippen LogP contribution >= 0.6 is 11.3 Å². The van der Waals surface area contributed by atoms with Gasteiger partial charge in [-0.15, -0.1) is 11.3 Å². The molecule has 0 fully saturated rings. The number of aryl methyl sites for hydroxylation is 2. The third-order valence-electron chi connectivity index (χ3n) is 3.08. The van der Waals surface area contributed by atoms with Gasteiger partial charge in [0.25, 0.3) is 0 Å². The molecule has 0 aliphatic carbocycles. The summed E-state index contributed by atoms with van der Waals surface area (Å²) in [6.45, 7) is 6.48. The largest absolute Gasteiger partial charge is 0.377 e. The molecule has 0 aliphatic heterocycles. The van der Waals surface area contributed by atoms with Crippen LogP contribution in [0, 0.1) is 6.92 Å². The van der Waals surface area contributed by atoms with Crippen molar-refractivity contribution in [2.24, 2.45) is 0 Å². The van der Waals surface area contributed by atoms with Gasteiger partial charge in [0.1, 0.15) is 0 Å². The molecule has 0 saturated carbocycles. The molecule has 0 amide bonds. The molecule has 18 heavy (non-hydrogen) atoms. The van der Waals surface area contributed by atoms with Gasteiger partial charge in [-0.3, -0.25) is 0 Å². The Morgan fingerprint density at radius 1 is 1.33 bits per heavy atom. The van der Waals surface area contributed by atoms with E-state index >= 15 is 0 Å². The van der Waals surface area contributed by atoms with E-state index in [1.165, 1.54) is 22.5 Å². The predicted octanol–water partition coefficient (Wildman–Crippen LogP) is 4.58. The van der Waals surface area contributed by atoms with Crippen molar-refractivity contribution in [2.75, 3.05) is 5.32 Å². The van der Waals surface area contributed by atoms with Crippen LogP contribution < -0.4 is 5.32 Å². The first-order chi connectivity index (χ1) is 8.72. The fraction of sp³-hybridized carbons (Fsp3) is 0.400. The number of anilines is 1. The van der Waals surface area contributed by atoms with Gasteiger partial charge in [-0.05, 0) is 31.9 Å². The van der Waals surface area contributed by atoms with Crippen molar-refractivity contribution in [2.45, 2.75) is 39.7 Å². The Balaban J connectivity index is 2.16. The van der Waals surface area contributed by atoms with Crippen LogP contribution in [0.25, 0.3) is 0 Å². The molecule has 0 radical (unpaired) electrons. The summed E-state index contributed by atoms with van der Waals surface area (Å²) in [6.07, 6.45) is 2.30. The summed E-state index contributed by atoms with van der Waals surface area (Å²) >= 11 is 1.72. The standard InChI is InChI=1S/C15H20N2S/c1-4-7-13-8-5-6-9-14(13)17-12(3)15-11(2)16-10-18-15/h5-6,8-10,12,17H,4,7H2,1-3H3. The number of para-hydroxylation sites is 1. The number of nitrogens with zero attached hydrogens (tertiary/aromatic N) is 1. The third-order valence-corrected chi connectivity index (χ3v) is 4.20. The summed E-state index contributed by atoms with van der Waals surface area (Å²) in [7, 11) is 0. The topological polar surface area (TPSA) is 24.9 Å². The van der Waals surface area contributed by atoms with Crippen LogP contribution in [-0.4, -0.2) is 4.98 Å². The van der Waals surface area contributed by atoms with Gasteiger partial charge in [0.15, 0.2) is 0 Å². The molecular weight excluding hydrogens is 240 g/mol. The monoisotopic (exact) mass is 260 g/mol. The number of aromatic nitrogens is 1. The molecule has 1 atom stereocenters. The normalized spacial score (nSPS) is 12.4. The quantitative estimate of drug-likeness (QED) is 0.851. The first kappa shape index (κ1) is 13.1. The van der Waals surface area contributed by atoms with Crippen molar-refractivity contribution < 1.29 is 0 Å². The molecule has 1 N–H and O–H groups in total. The minimum absolute atomic E-state index is 0.315. The van der Waals surface area contributed by atoms with Gasteiger partial charge in [-0.1, -0.05) is 31.5 Å². The van der Waals surface area contributed by atoms with E-state index in [9.17, 15) is 0 Å². The molecule has 1 heterocycles. The minimum atomic E-state index is 0.315. The SMILES string of the molecule is CCCc1ccccc1NC(C)c1scnc1C. The highest BCUT2D eigenvalue weighted by Crippen LogP contribution is 2.27. The molecule has 1 aromatic heterocycles. The Kier molecular flexibility index (Phi) is 4.37. The smallest absolute Gasteiger partial charge is 0.0798 e. The van der Waals surface area contributed by atoms with Crippen LogP contribution in [-0.2, 0) is 6.42 Å². The van der Waals surface area contributed by atoms with E-state index in [1.54, 1.807) is 11.3 Å². The number of hydrogen-bond donors (Lipinski definition) is 1. The third kappa shape index (κ3) is 2.91. The Labute approximate surface area is 113 Å². The van der Waals surface area contributed by atoms with Gasteiger partial charge in [0.2, 0.25) is 0 Å². The number of thiazole rings is 1. The Bertz CT molecular complexity index is 505. The van der Waals surface area contributed by atoms with Crippen molar-refractivity contribution in [1.29, 1.82) is 0 Å². The number of benzene rings is 1. The highest BCUT2D eigenvalue weighted by Gasteiger charge is 2.12. The van der Waals surface area contributed by atoms with Crippen molar-refractivity contribution >= 4 is 17.0 Å². The Morgan fingerprint density at radius 3 is 2.78 bits per heavy atom. The van der Waals surface area contributed by atoms with Crippen LogP contribution in [0.2, 0.25) is 0 Å². The lowest BCUT2D eigenvalue weighted by atomic mass is 10.1. The van der Waals surface area contributed by atoms with Crippen molar-refractivity contribution in [3.8, 4) is 0 Å². The van der Waals surface area contributed by atoms with E-state index in [2.05, 4.69) is 55.3 Å². The van der Waals surface area contributed by atoms with Gasteiger partial charge >= 0.3 is 0 Å². The zero-order valence-corrected chi connectivity index (χ0v) is 12.1. The fourth-order valence-corrected chi connectivity index (χ4v) is 2.98. The van der Waals surface area contributed by atoms with Crippen LogP contribution in [0.3, 0.4) is 0 Å². The van der Waals surface area contributed by atoms with Crippen LogP contribution in [0.15, 0.2) is 29.8 Å². The summed E-state index contributed by atoms with van der Waals surface area (Å²) in [5.41, 5.74) is 5.70. The lowest BCUT2D eigenvalue weighted by Gasteiger charge is -2.17. The van der Waals surface area contributed by atoms with E-state index in [4.69, 9.17) is 0 Å². The van der Waals surface area contributed by atoms with Gasteiger partial charge in [-0.25, -0.2) is 4.98 Å². The van der Waals surface area contributed by atoms with E-state index < -0.39 is 0 Å². The molecule has 1 aromatic carbocycles. The molecule has 0 bridgehead atoms. The maximum Gasteiger partial charge on any atom is 0.0798 e. The van der Waals surface area contributed by atoms with Crippen LogP contribution in [0.4, 0.5) is 5.69 Å². The van der Waals surface area contributed by atoms with Crippen molar-refractivity contribution in [3.63, 3.8) is 0 Å². The van der Waals surface area contributed by atoms with E-state index in [0.717, 1.165) is 12.1 Å². The molecule has 96 valence electrons. The highest BCUT2D eigenvalue weighted by molar-refractivity contribution is 7.09. The van der Waals surface area contributed by atoms with Gasteiger partial charge in [0, 0.05) is 10.6 Å². The van der Waals surface area contributed by atoms with E-state index in [0.29, 0.717) is 6.04 Å². The molecule has 2 rings (SSSR count). The van der Waals surface area contributed by atoms with Gasteiger partial charge in [0.05, 0.1) is 17.2 Å². The summed E-state index contributed by atoms with van der Waals surface area (Å²) in [5.74, 6) is 0. The maximum atomic E-state index is 4.32. The number of rotatable bonds is 5. The summed E-state index contributed by atoms with van der Waals surface area (Å²) < 4.78 is 0. The van der Waals surface area contributed by atoms with E-state index in [1.807, 2.05) is 5.51 Å². The van der Waals surface area contributed by atoms with Gasteiger partial charge in [-0.2, -0.15) is 0 Å².